The second-order valence-corrected chi connectivity index (χ2v) is 7.50. The average molecular weight is 389 g/mol. The zero-order valence-corrected chi connectivity index (χ0v) is 16.1. The first-order valence-electron chi connectivity index (χ1n) is 9.86. The van der Waals surface area contributed by atoms with E-state index in [2.05, 4.69) is 42.4 Å². The van der Waals surface area contributed by atoms with Gasteiger partial charge in [0.05, 0.1) is 23.0 Å². The second kappa shape index (κ2) is 7.21. The van der Waals surface area contributed by atoms with Crippen molar-refractivity contribution in [1.82, 2.24) is 15.1 Å². The van der Waals surface area contributed by atoms with E-state index in [1.165, 1.54) is 5.69 Å². The van der Waals surface area contributed by atoms with Crippen LogP contribution in [0.3, 0.4) is 0 Å². The molecule has 2 aliphatic heterocycles. The summed E-state index contributed by atoms with van der Waals surface area (Å²) in [6.07, 6.45) is 1.08. The molecule has 4 N–H and O–H groups in total. The third-order valence-corrected chi connectivity index (χ3v) is 5.54. The minimum absolute atomic E-state index is 0.193. The summed E-state index contributed by atoms with van der Waals surface area (Å²) in [5.41, 5.74) is 8.51. The van der Waals surface area contributed by atoms with Crippen molar-refractivity contribution in [3.8, 4) is 0 Å². The van der Waals surface area contributed by atoms with Crippen molar-refractivity contribution >= 4 is 39.5 Å². The van der Waals surface area contributed by atoms with Crippen LogP contribution in [-0.2, 0) is 0 Å². The number of nitrogens with zero attached hydrogens (tertiary/aromatic N) is 4. The Kier molecular flexibility index (Phi) is 4.40. The Hall–Kier alpha value is -3.39. The van der Waals surface area contributed by atoms with Gasteiger partial charge in [-0.05, 0) is 42.8 Å². The van der Waals surface area contributed by atoms with Crippen molar-refractivity contribution in [1.29, 1.82) is 0 Å². The van der Waals surface area contributed by atoms with E-state index in [0.29, 0.717) is 17.7 Å². The first-order chi connectivity index (χ1) is 14.2. The fourth-order valence-electron chi connectivity index (χ4n) is 4.06. The lowest BCUT2D eigenvalue weighted by Crippen LogP contribution is -2.37. The number of aliphatic imine (C=N–C) groups is 1. The van der Waals surface area contributed by atoms with Gasteiger partial charge in [-0.1, -0.05) is 6.07 Å². The number of aromatic amines is 1. The molecule has 148 valence electrons. The minimum atomic E-state index is -0.193. The van der Waals surface area contributed by atoms with Gasteiger partial charge in [-0.2, -0.15) is 5.10 Å². The smallest absolute Gasteiger partial charge is 0.272 e. The number of nitrogens with one attached hydrogen (secondary N) is 2. The molecule has 3 heterocycles. The summed E-state index contributed by atoms with van der Waals surface area (Å²) >= 11 is 0. The highest BCUT2D eigenvalue weighted by atomic mass is 16.1. The molecule has 3 aromatic rings. The molecule has 1 saturated heterocycles. The molecule has 8 heteroatoms. The highest BCUT2D eigenvalue weighted by Crippen LogP contribution is 2.31. The van der Waals surface area contributed by atoms with Crippen LogP contribution in [-0.4, -0.2) is 53.7 Å². The van der Waals surface area contributed by atoms with Crippen LogP contribution in [0.2, 0.25) is 0 Å². The summed E-state index contributed by atoms with van der Waals surface area (Å²) in [6, 6.07) is 13.7. The van der Waals surface area contributed by atoms with Crippen molar-refractivity contribution in [2.75, 3.05) is 48.7 Å². The quantitative estimate of drug-likeness (QED) is 0.594. The average Bonchev–Trinajstić information content (AvgIpc) is 2.97. The molecule has 0 spiro atoms. The largest absolute Gasteiger partial charge is 0.399 e. The Bertz CT molecular complexity index is 1140. The van der Waals surface area contributed by atoms with Crippen molar-refractivity contribution in [2.24, 2.45) is 4.99 Å². The van der Waals surface area contributed by atoms with Gasteiger partial charge < -0.3 is 16.0 Å². The molecule has 2 aliphatic rings. The van der Waals surface area contributed by atoms with E-state index in [1.54, 1.807) is 6.07 Å². The van der Waals surface area contributed by atoms with E-state index in [0.717, 1.165) is 55.2 Å². The van der Waals surface area contributed by atoms with Crippen LogP contribution in [0.1, 0.15) is 6.42 Å². The van der Waals surface area contributed by atoms with Crippen LogP contribution in [0.4, 0.5) is 22.9 Å². The van der Waals surface area contributed by atoms with Crippen molar-refractivity contribution in [3.05, 3.63) is 52.8 Å². The number of nitrogen functional groups attached to an aromatic ring is 1. The molecule has 0 atom stereocenters. The summed E-state index contributed by atoms with van der Waals surface area (Å²) in [5.74, 6) is 1.42. The van der Waals surface area contributed by atoms with Crippen LogP contribution in [0.25, 0.3) is 10.8 Å². The molecule has 1 fully saturated rings. The van der Waals surface area contributed by atoms with Gasteiger partial charge in [-0.3, -0.25) is 9.69 Å². The predicted octanol–water partition coefficient (Wildman–Crippen LogP) is 2.17. The van der Waals surface area contributed by atoms with Gasteiger partial charge in [0, 0.05) is 37.6 Å². The Morgan fingerprint density at radius 3 is 2.76 bits per heavy atom. The number of hydrogen-bond acceptors (Lipinski definition) is 7. The van der Waals surface area contributed by atoms with E-state index in [-0.39, 0.29) is 5.56 Å². The number of rotatable bonds is 3. The number of benzene rings is 2. The van der Waals surface area contributed by atoms with Crippen LogP contribution in [0.5, 0.6) is 0 Å². The van der Waals surface area contributed by atoms with Crippen LogP contribution in [0, 0.1) is 0 Å². The van der Waals surface area contributed by atoms with Gasteiger partial charge in [-0.25, -0.2) is 10.1 Å². The number of nitrogens with two attached hydrogens (primary N) is 1. The second-order valence-electron chi connectivity index (χ2n) is 7.50. The molecule has 8 nitrogen and oxygen atoms in total. The van der Waals surface area contributed by atoms with E-state index in [4.69, 9.17) is 5.73 Å². The van der Waals surface area contributed by atoms with Gasteiger partial charge in [0.1, 0.15) is 5.84 Å². The van der Waals surface area contributed by atoms with Gasteiger partial charge in [0.25, 0.3) is 5.56 Å². The first-order valence-corrected chi connectivity index (χ1v) is 9.86. The maximum Gasteiger partial charge on any atom is 0.272 e. The molecule has 0 amide bonds. The molecule has 0 aliphatic carbocycles. The van der Waals surface area contributed by atoms with E-state index in [1.807, 2.05) is 24.3 Å². The lowest BCUT2D eigenvalue weighted by Gasteiger charge is -2.25. The summed E-state index contributed by atoms with van der Waals surface area (Å²) in [4.78, 5) is 21.5. The zero-order valence-electron chi connectivity index (χ0n) is 16.1. The van der Waals surface area contributed by atoms with Gasteiger partial charge in [0.2, 0.25) is 0 Å². The molecule has 0 unspecified atom stereocenters. The topological polar surface area (TPSA) is 103 Å². The normalized spacial score (nSPS) is 17.0. The number of amidine groups is 1. The number of anilines is 3. The number of H-pyrrole nitrogens is 1. The Balaban J connectivity index is 1.32. The predicted molar refractivity (Wildman–Crippen MR) is 117 cm³/mol. The molecular weight excluding hydrogens is 366 g/mol. The molecule has 29 heavy (non-hydrogen) atoms. The van der Waals surface area contributed by atoms with Gasteiger partial charge in [-0.15, -0.1) is 0 Å². The molecule has 0 saturated carbocycles. The molecule has 1 aromatic heterocycles. The van der Waals surface area contributed by atoms with Crippen LogP contribution in [0.15, 0.2) is 52.3 Å². The molecule has 0 radical (unpaired) electrons. The summed E-state index contributed by atoms with van der Waals surface area (Å²) in [5, 5.41) is 11.5. The zero-order chi connectivity index (χ0) is 19.8. The van der Waals surface area contributed by atoms with Gasteiger partial charge >= 0.3 is 0 Å². The Morgan fingerprint density at radius 1 is 1.03 bits per heavy atom. The van der Waals surface area contributed by atoms with E-state index < -0.39 is 0 Å². The van der Waals surface area contributed by atoms with Crippen molar-refractivity contribution < 1.29 is 0 Å². The van der Waals surface area contributed by atoms with Gasteiger partial charge in [0.15, 0.2) is 5.82 Å². The summed E-state index contributed by atoms with van der Waals surface area (Å²) in [6.45, 7) is 4.63. The Labute approximate surface area is 168 Å². The number of aromatic nitrogens is 2. The van der Waals surface area contributed by atoms with Crippen molar-refractivity contribution in [2.45, 2.75) is 6.42 Å². The third kappa shape index (κ3) is 3.42. The van der Waals surface area contributed by atoms with E-state index in [9.17, 15) is 4.79 Å². The fourth-order valence-corrected chi connectivity index (χ4v) is 4.06. The lowest BCUT2D eigenvalue weighted by atomic mass is 10.1. The van der Waals surface area contributed by atoms with E-state index >= 15 is 0 Å². The maximum atomic E-state index is 12.0. The standard InChI is InChI=1S/C21H23N7O/c22-14-5-7-15(8-6-14)28-10-2-9-27(11-12-28)13-18-23-17-4-1-3-16-19(17)20(24-18)25-26-21(16)29/h1,3-8H,2,9-13,22H2,(H,26,29)(H,23,24,25). The SMILES string of the molecule is Nc1ccc(N2CCCN(CC3=Nc4n[nH]c(=O)c5cccc(c45)N3)CC2)cc1. The first kappa shape index (κ1) is 17.7. The maximum absolute atomic E-state index is 12.0. The monoisotopic (exact) mass is 389 g/mol. The Morgan fingerprint density at radius 2 is 1.90 bits per heavy atom. The van der Waals surface area contributed by atoms with Crippen LogP contribution >= 0.6 is 0 Å². The highest BCUT2D eigenvalue weighted by molar-refractivity contribution is 6.12. The summed E-state index contributed by atoms with van der Waals surface area (Å²) in [7, 11) is 0. The lowest BCUT2D eigenvalue weighted by molar-refractivity contribution is 0.334. The number of hydrogen-bond donors (Lipinski definition) is 3. The molecule has 0 bridgehead atoms. The molecule has 2 aromatic carbocycles. The highest BCUT2D eigenvalue weighted by Gasteiger charge is 2.21. The summed E-state index contributed by atoms with van der Waals surface area (Å²) < 4.78 is 0. The fraction of sp³-hybridized carbons (Fsp3) is 0.286. The van der Waals surface area contributed by atoms with Crippen molar-refractivity contribution in [3.63, 3.8) is 0 Å². The third-order valence-electron chi connectivity index (χ3n) is 5.54. The minimum Gasteiger partial charge on any atom is -0.399 e. The molecule has 5 rings (SSSR count). The van der Waals surface area contributed by atoms with Crippen LogP contribution < -0.4 is 21.5 Å². The molecular formula is C21H23N7O.